The minimum Gasteiger partial charge on any atom is -0.503 e. The van der Waals surface area contributed by atoms with Crippen molar-refractivity contribution < 1.29 is 9.84 Å². The molecule has 20 heavy (non-hydrogen) atoms. The van der Waals surface area contributed by atoms with Gasteiger partial charge in [-0.1, -0.05) is 6.92 Å². The van der Waals surface area contributed by atoms with Gasteiger partial charge in [0, 0.05) is 24.2 Å². The zero-order valence-electron chi connectivity index (χ0n) is 11.4. The standard InChI is InChI=1S/C14H17BrN2O2S/c1-3-10-7-17-13(20-10)8-16-6-9-4-11(15)14(18)12(5-9)19-2/h4-5,7,16,18H,3,6,8H2,1-2H3. The molecule has 0 aliphatic heterocycles. The molecule has 0 atom stereocenters. The molecule has 0 saturated heterocycles. The number of rotatable bonds is 6. The van der Waals surface area contributed by atoms with Crippen molar-refractivity contribution in [2.24, 2.45) is 0 Å². The lowest BCUT2D eigenvalue weighted by Crippen LogP contribution is -2.12. The van der Waals surface area contributed by atoms with Gasteiger partial charge in [0.05, 0.1) is 11.6 Å². The third-order valence-electron chi connectivity index (χ3n) is 2.86. The number of nitrogens with zero attached hydrogens (tertiary/aromatic N) is 1. The van der Waals surface area contributed by atoms with E-state index in [0.29, 0.717) is 16.8 Å². The molecule has 0 spiro atoms. The molecule has 0 aliphatic rings. The fraction of sp³-hybridized carbons (Fsp3) is 0.357. The van der Waals surface area contributed by atoms with E-state index >= 15 is 0 Å². The number of aromatic nitrogens is 1. The van der Waals surface area contributed by atoms with E-state index in [1.54, 1.807) is 18.4 Å². The molecule has 0 unspecified atom stereocenters. The number of methoxy groups -OCH3 is 1. The average molecular weight is 357 g/mol. The van der Waals surface area contributed by atoms with Gasteiger partial charge in [-0.15, -0.1) is 11.3 Å². The number of nitrogens with one attached hydrogen (secondary N) is 1. The number of thiazole rings is 1. The van der Waals surface area contributed by atoms with Gasteiger partial charge in [0.15, 0.2) is 11.5 Å². The zero-order valence-corrected chi connectivity index (χ0v) is 13.8. The van der Waals surface area contributed by atoms with E-state index in [0.717, 1.165) is 23.5 Å². The van der Waals surface area contributed by atoms with E-state index in [2.05, 4.69) is 33.2 Å². The molecule has 4 nitrogen and oxygen atoms in total. The van der Waals surface area contributed by atoms with Gasteiger partial charge in [-0.25, -0.2) is 4.98 Å². The molecule has 1 aromatic heterocycles. The van der Waals surface area contributed by atoms with Crippen LogP contribution in [0.3, 0.4) is 0 Å². The van der Waals surface area contributed by atoms with Crippen molar-refractivity contribution in [3.05, 3.63) is 38.3 Å². The first kappa shape index (κ1) is 15.3. The van der Waals surface area contributed by atoms with E-state index < -0.39 is 0 Å². The SMILES string of the molecule is CCc1cnc(CNCc2cc(Br)c(O)c(OC)c2)s1. The fourth-order valence-corrected chi connectivity index (χ4v) is 3.11. The Morgan fingerprint density at radius 2 is 2.20 bits per heavy atom. The molecule has 108 valence electrons. The van der Waals surface area contributed by atoms with Gasteiger partial charge in [0.2, 0.25) is 0 Å². The molecule has 0 amide bonds. The summed E-state index contributed by atoms with van der Waals surface area (Å²) >= 11 is 5.05. The Labute approximate surface area is 130 Å². The average Bonchev–Trinajstić information content (AvgIpc) is 2.90. The summed E-state index contributed by atoms with van der Waals surface area (Å²) in [6, 6.07) is 3.70. The quantitative estimate of drug-likeness (QED) is 0.831. The monoisotopic (exact) mass is 356 g/mol. The van der Waals surface area contributed by atoms with Crippen LogP contribution in [0.15, 0.2) is 22.8 Å². The molecule has 2 N–H and O–H groups in total. The highest BCUT2D eigenvalue weighted by atomic mass is 79.9. The maximum atomic E-state index is 9.75. The van der Waals surface area contributed by atoms with Crippen molar-refractivity contribution >= 4 is 27.3 Å². The first-order valence-corrected chi connectivity index (χ1v) is 7.94. The summed E-state index contributed by atoms with van der Waals surface area (Å²) in [7, 11) is 1.54. The van der Waals surface area contributed by atoms with Gasteiger partial charge in [-0.05, 0) is 40.0 Å². The number of halogens is 1. The third-order valence-corrected chi connectivity index (χ3v) is 4.61. The second-order valence-corrected chi connectivity index (χ2v) is 6.36. The topological polar surface area (TPSA) is 54.4 Å². The Kier molecular flexibility index (Phi) is 5.39. The molecule has 2 rings (SSSR count). The number of hydrogen-bond acceptors (Lipinski definition) is 5. The van der Waals surface area contributed by atoms with E-state index in [4.69, 9.17) is 4.74 Å². The normalized spacial score (nSPS) is 10.8. The Hall–Kier alpha value is -1.11. The van der Waals surface area contributed by atoms with Gasteiger partial charge in [0.25, 0.3) is 0 Å². The highest BCUT2D eigenvalue weighted by molar-refractivity contribution is 9.10. The maximum Gasteiger partial charge on any atom is 0.172 e. The van der Waals surface area contributed by atoms with Crippen LogP contribution in [0.5, 0.6) is 11.5 Å². The predicted molar refractivity (Wildman–Crippen MR) is 84.4 cm³/mol. The van der Waals surface area contributed by atoms with Crippen LogP contribution in [0.4, 0.5) is 0 Å². The van der Waals surface area contributed by atoms with Gasteiger partial charge >= 0.3 is 0 Å². The first-order chi connectivity index (χ1) is 9.63. The van der Waals surface area contributed by atoms with Crippen LogP contribution in [0.2, 0.25) is 0 Å². The number of ether oxygens (including phenoxy) is 1. The second kappa shape index (κ2) is 7.06. The summed E-state index contributed by atoms with van der Waals surface area (Å²) in [5.74, 6) is 0.599. The highest BCUT2D eigenvalue weighted by Crippen LogP contribution is 2.35. The minimum atomic E-state index is 0.128. The summed E-state index contributed by atoms with van der Waals surface area (Å²) in [4.78, 5) is 5.67. The lowest BCUT2D eigenvalue weighted by atomic mass is 10.2. The lowest BCUT2D eigenvalue weighted by Gasteiger charge is -2.09. The van der Waals surface area contributed by atoms with Crippen molar-refractivity contribution in [1.82, 2.24) is 10.3 Å². The molecule has 0 bridgehead atoms. The van der Waals surface area contributed by atoms with Crippen molar-refractivity contribution in [3.8, 4) is 11.5 Å². The van der Waals surface area contributed by atoms with Crippen LogP contribution >= 0.6 is 27.3 Å². The van der Waals surface area contributed by atoms with Crippen LogP contribution in [-0.4, -0.2) is 17.2 Å². The van der Waals surface area contributed by atoms with Crippen LogP contribution < -0.4 is 10.1 Å². The van der Waals surface area contributed by atoms with Crippen molar-refractivity contribution in [2.45, 2.75) is 26.4 Å². The van der Waals surface area contributed by atoms with Crippen molar-refractivity contribution in [1.29, 1.82) is 0 Å². The van der Waals surface area contributed by atoms with E-state index in [-0.39, 0.29) is 5.75 Å². The molecular weight excluding hydrogens is 340 g/mol. The molecule has 0 fully saturated rings. The highest BCUT2D eigenvalue weighted by Gasteiger charge is 2.08. The first-order valence-electron chi connectivity index (χ1n) is 6.33. The number of phenolic OH excluding ortho intramolecular Hbond substituents is 1. The minimum absolute atomic E-state index is 0.128. The molecule has 1 heterocycles. The van der Waals surface area contributed by atoms with Gasteiger partial charge in [0.1, 0.15) is 5.01 Å². The van der Waals surface area contributed by atoms with Gasteiger partial charge in [-0.2, -0.15) is 0 Å². The molecule has 1 aromatic carbocycles. The summed E-state index contributed by atoms with van der Waals surface area (Å²) in [6.07, 6.45) is 2.96. The number of aromatic hydroxyl groups is 1. The molecule has 2 aromatic rings. The summed E-state index contributed by atoms with van der Waals surface area (Å²) in [6.45, 7) is 3.56. The Morgan fingerprint density at radius 3 is 2.85 bits per heavy atom. The maximum absolute atomic E-state index is 9.75. The third kappa shape index (κ3) is 3.71. The van der Waals surface area contributed by atoms with Crippen LogP contribution in [0, 0.1) is 0 Å². The van der Waals surface area contributed by atoms with Crippen LogP contribution in [0.25, 0.3) is 0 Å². The number of hydrogen-bond donors (Lipinski definition) is 2. The smallest absolute Gasteiger partial charge is 0.172 e. The van der Waals surface area contributed by atoms with Crippen molar-refractivity contribution in [2.75, 3.05) is 7.11 Å². The molecular formula is C14H17BrN2O2S. The van der Waals surface area contributed by atoms with E-state index in [1.165, 1.54) is 4.88 Å². The Balaban J connectivity index is 1.95. The fourth-order valence-electron chi connectivity index (χ4n) is 1.79. The van der Waals surface area contributed by atoms with Crippen LogP contribution in [0.1, 0.15) is 22.4 Å². The van der Waals surface area contributed by atoms with Gasteiger partial charge < -0.3 is 15.2 Å². The summed E-state index contributed by atoms with van der Waals surface area (Å²) in [5.41, 5.74) is 1.04. The van der Waals surface area contributed by atoms with E-state index in [1.807, 2.05) is 18.3 Å². The molecule has 0 saturated carbocycles. The second-order valence-electron chi connectivity index (χ2n) is 4.31. The summed E-state index contributed by atoms with van der Waals surface area (Å²) < 4.78 is 5.77. The van der Waals surface area contributed by atoms with Gasteiger partial charge in [-0.3, -0.25) is 0 Å². The predicted octanol–water partition coefficient (Wildman–Crippen LogP) is 3.47. The molecule has 0 aliphatic carbocycles. The summed E-state index contributed by atoms with van der Waals surface area (Å²) in [5, 5.41) is 14.2. The lowest BCUT2D eigenvalue weighted by molar-refractivity contribution is 0.371. The van der Waals surface area contributed by atoms with E-state index in [9.17, 15) is 5.11 Å². The molecule has 0 radical (unpaired) electrons. The number of aryl methyl sites for hydroxylation is 1. The van der Waals surface area contributed by atoms with Crippen molar-refractivity contribution in [3.63, 3.8) is 0 Å². The zero-order chi connectivity index (χ0) is 14.5. The Bertz CT molecular complexity index is 587. The number of benzene rings is 1. The number of phenols is 1. The Morgan fingerprint density at radius 1 is 1.40 bits per heavy atom. The largest absolute Gasteiger partial charge is 0.503 e. The van der Waals surface area contributed by atoms with Crippen LogP contribution in [-0.2, 0) is 19.5 Å². The molecule has 6 heteroatoms.